The standard InChI is InChI=1S/C25H26N4O4/c1-29-22-11-10-17(33-18-12-13-26-21(16-18)23(30)8-6-14-31-2)15-20(22)28-25(29)27-19-7-4-5-9-24(19)32-3/h4-5,7,9-13,15-16H,6,8,14H2,1-3H3,(H,27,28). The molecule has 0 bridgehead atoms. The van der Waals surface area contributed by atoms with E-state index < -0.39 is 0 Å². The zero-order valence-corrected chi connectivity index (χ0v) is 18.9. The lowest BCUT2D eigenvalue weighted by atomic mass is 10.1. The van der Waals surface area contributed by atoms with Gasteiger partial charge in [-0.1, -0.05) is 12.1 Å². The molecule has 8 nitrogen and oxygen atoms in total. The Bertz CT molecular complexity index is 1270. The van der Waals surface area contributed by atoms with Gasteiger partial charge in [-0.25, -0.2) is 4.98 Å². The number of imidazole rings is 1. The van der Waals surface area contributed by atoms with Gasteiger partial charge in [0.15, 0.2) is 5.78 Å². The number of methoxy groups -OCH3 is 2. The third-order valence-electron chi connectivity index (χ3n) is 5.21. The first-order valence-electron chi connectivity index (χ1n) is 10.6. The number of carbonyl (C=O) groups is 1. The van der Waals surface area contributed by atoms with Crippen LogP contribution in [0.15, 0.2) is 60.8 Å². The number of aryl methyl sites for hydroxylation is 1. The topological polar surface area (TPSA) is 87.5 Å². The SMILES string of the molecule is COCCCC(=O)c1cc(Oc2ccc3c(c2)nc(Nc2ccccc2OC)n3C)ccn1. The number of aromatic nitrogens is 3. The zero-order valence-electron chi connectivity index (χ0n) is 18.9. The highest BCUT2D eigenvalue weighted by Gasteiger charge is 2.13. The molecule has 2 heterocycles. The van der Waals surface area contributed by atoms with E-state index in [1.54, 1.807) is 32.5 Å². The number of benzene rings is 2. The molecule has 0 fully saturated rings. The van der Waals surface area contributed by atoms with E-state index in [0.29, 0.717) is 42.6 Å². The maximum atomic E-state index is 12.3. The van der Waals surface area contributed by atoms with Crippen LogP contribution >= 0.6 is 0 Å². The summed E-state index contributed by atoms with van der Waals surface area (Å²) in [4.78, 5) is 21.2. The minimum atomic E-state index is -0.0373. The van der Waals surface area contributed by atoms with Crippen LogP contribution in [0.25, 0.3) is 11.0 Å². The van der Waals surface area contributed by atoms with Crippen LogP contribution in [0.1, 0.15) is 23.3 Å². The van der Waals surface area contributed by atoms with Crippen molar-refractivity contribution in [3.8, 4) is 17.2 Å². The molecule has 0 aliphatic carbocycles. The lowest BCUT2D eigenvalue weighted by molar-refractivity contribution is 0.0958. The number of pyridine rings is 1. The molecule has 0 unspecified atom stereocenters. The maximum absolute atomic E-state index is 12.3. The Morgan fingerprint density at radius 2 is 1.88 bits per heavy atom. The number of para-hydroxylation sites is 2. The molecule has 33 heavy (non-hydrogen) atoms. The average molecular weight is 447 g/mol. The van der Waals surface area contributed by atoms with Crippen LogP contribution in [-0.2, 0) is 11.8 Å². The van der Waals surface area contributed by atoms with E-state index in [0.717, 1.165) is 22.5 Å². The molecular formula is C25H26N4O4. The summed E-state index contributed by atoms with van der Waals surface area (Å²) in [5.74, 6) is 2.54. The number of hydrogen-bond acceptors (Lipinski definition) is 7. The van der Waals surface area contributed by atoms with Crippen LogP contribution in [-0.4, -0.2) is 41.1 Å². The van der Waals surface area contributed by atoms with Crippen molar-refractivity contribution in [1.29, 1.82) is 0 Å². The van der Waals surface area contributed by atoms with Crippen molar-refractivity contribution in [3.63, 3.8) is 0 Å². The smallest absolute Gasteiger partial charge is 0.208 e. The monoisotopic (exact) mass is 446 g/mol. The van der Waals surface area contributed by atoms with Crippen LogP contribution < -0.4 is 14.8 Å². The minimum absolute atomic E-state index is 0.0373. The van der Waals surface area contributed by atoms with Crippen molar-refractivity contribution in [2.45, 2.75) is 12.8 Å². The summed E-state index contributed by atoms with van der Waals surface area (Å²) < 4.78 is 18.4. The van der Waals surface area contributed by atoms with Crippen molar-refractivity contribution in [2.24, 2.45) is 7.05 Å². The van der Waals surface area contributed by atoms with Gasteiger partial charge < -0.3 is 24.1 Å². The fourth-order valence-corrected chi connectivity index (χ4v) is 3.49. The molecule has 0 atom stereocenters. The summed E-state index contributed by atoms with van der Waals surface area (Å²) in [6, 6.07) is 16.7. The second kappa shape index (κ2) is 10.1. The van der Waals surface area contributed by atoms with Gasteiger partial charge >= 0.3 is 0 Å². The first-order chi connectivity index (χ1) is 16.1. The van der Waals surface area contributed by atoms with Crippen molar-refractivity contribution >= 4 is 28.5 Å². The number of ketones is 1. The van der Waals surface area contributed by atoms with Crippen LogP contribution in [0.2, 0.25) is 0 Å². The molecule has 0 spiro atoms. The normalized spacial score (nSPS) is 10.9. The predicted molar refractivity (Wildman–Crippen MR) is 127 cm³/mol. The van der Waals surface area contributed by atoms with E-state index >= 15 is 0 Å². The Morgan fingerprint density at radius 3 is 2.70 bits per heavy atom. The number of nitrogens with zero attached hydrogens (tertiary/aromatic N) is 3. The third-order valence-corrected chi connectivity index (χ3v) is 5.21. The van der Waals surface area contributed by atoms with Gasteiger partial charge in [0.2, 0.25) is 5.95 Å². The van der Waals surface area contributed by atoms with E-state index in [1.165, 1.54) is 0 Å². The van der Waals surface area contributed by atoms with Crippen LogP contribution in [0, 0.1) is 0 Å². The fraction of sp³-hybridized carbons (Fsp3) is 0.240. The first kappa shape index (κ1) is 22.3. The van der Waals surface area contributed by atoms with Crippen molar-refractivity contribution < 1.29 is 19.0 Å². The van der Waals surface area contributed by atoms with Gasteiger partial charge in [0, 0.05) is 45.5 Å². The van der Waals surface area contributed by atoms with E-state index in [-0.39, 0.29) is 5.78 Å². The second-order valence-electron chi connectivity index (χ2n) is 7.47. The number of ether oxygens (including phenoxy) is 3. The molecule has 2 aromatic heterocycles. The van der Waals surface area contributed by atoms with E-state index in [2.05, 4.69) is 10.3 Å². The van der Waals surface area contributed by atoms with Crippen molar-refractivity contribution in [1.82, 2.24) is 14.5 Å². The highest BCUT2D eigenvalue weighted by molar-refractivity contribution is 5.94. The van der Waals surface area contributed by atoms with Crippen LogP contribution in [0.3, 0.4) is 0 Å². The maximum Gasteiger partial charge on any atom is 0.208 e. The molecule has 4 aromatic rings. The lowest BCUT2D eigenvalue weighted by Gasteiger charge is -2.10. The average Bonchev–Trinajstić information content (AvgIpc) is 3.14. The molecule has 0 aliphatic rings. The number of nitrogens with one attached hydrogen (secondary N) is 1. The largest absolute Gasteiger partial charge is 0.495 e. The fourth-order valence-electron chi connectivity index (χ4n) is 3.49. The number of fused-ring (bicyclic) bond motifs is 1. The van der Waals surface area contributed by atoms with Gasteiger partial charge in [0.1, 0.15) is 22.9 Å². The van der Waals surface area contributed by atoms with Gasteiger partial charge in [-0.15, -0.1) is 0 Å². The summed E-state index contributed by atoms with van der Waals surface area (Å²) >= 11 is 0. The summed E-state index contributed by atoms with van der Waals surface area (Å²) in [7, 11) is 5.20. The summed E-state index contributed by atoms with van der Waals surface area (Å²) in [6.45, 7) is 0.542. The summed E-state index contributed by atoms with van der Waals surface area (Å²) in [6.07, 6.45) is 2.61. The van der Waals surface area contributed by atoms with Gasteiger partial charge in [0.25, 0.3) is 0 Å². The number of anilines is 2. The molecule has 8 heteroatoms. The Kier molecular flexibility index (Phi) is 6.85. The Morgan fingerprint density at radius 1 is 1.06 bits per heavy atom. The molecule has 4 rings (SSSR count). The van der Waals surface area contributed by atoms with Gasteiger partial charge in [-0.05, 0) is 36.8 Å². The zero-order chi connectivity index (χ0) is 23.2. The van der Waals surface area contributed by atoms with Crippen LogP contribution in [0.5, 0.6) is 17.2 Å². The van der Waals surface area contributed by atoms with Gasteiger partial charge in [-0.2, -0.15) is 0 Å². The molecular weight excluding hydrogens is 420 g/mol. The molecule has 1 N–H and O–H groups in total. The van der Waals surface area contributed by atoms with Gasteiger partial charge in [-0.3, -0.25) is 9.78 Å². The van der Waals surface area contributed by atoms with E-state index in [4.69, 9.17) is 19.2 Å². The van der Waals surface area contributed by atoms with Crippen molar-refractivity contribution in [3.05, 3.63) is 66.5 Å². The summed E-state index contributed by atoms with van der Waals surface area (Å²) in [5, 5.41) is 3.32. The number of Topliss-reactive ketones (excluding diaryl/α,β-unsaturated/α-hetero) is 1. The number of hydrogen-bond donors (Lipinski definition) is 1. The Labute approximate surface area is 192 Å². The van der Waals surface area contributed by atoms with E-state index in [1.807, 2.05) is 54.1 Å². The predicted octanol–water partition coefficient (Wildman–Crippen LogP) is 5.12. The molecule has 0 radical (unpaired) electrons. The first-order valence-corrected chi connectivity index (χ1v) is 10.6. The molecule has 0 aliphatic heterocycles. The molecule has 0 saturated heterocycles. The Hall–Kier alpha value is -3.91. The quantitative estimate of drug-likeness (QED) is 0.267. The molecule has 2 aromatic carbocycles. The third kappa shape index (κ3) is 5.12. The highest BCUT2D eigenvalue weighted by atomic mass is 16.5. The van der Waals surface area contributed by atoms with Gasteiger partial charge in [0.05, 0.1) is 23.8 Å². The lowest BCUT2D eigenvalue weighted by Crippen LogP contribution is -2.04. The highest BCUT2D eigenvalue weighted by Crippen LogP contribution is 2.30. The second-order valence-corrected chi connectivity index (χ2v) is 7.47. The van der Waals surface area contributed by atoms with Crippen molar-refractivity contribution in [2.75, 3.05) is 26.1 Å². The Balaban J connectivity index is 1.53. The molecule has 170 valence electrons. The molecule has 0 amide bonds. The summed E-state index contributed by atoms with van der Waals surface area (Å²) in [5.41, 5.74) is 2.93. The number of carbonyl (C=O) groups excluding carboxylic acids is 1. The van der Waals surface area contributed by atoms with E-state index in [9.17, 15) is 4.79 Å². The molecule has 0 saturated carbocycles. The number of rotatable bonds is 10. The van der Waals surface area contributed by atoms with Crippen LogP contribution in [0.4, 0.5) is 11.6 Å². The minimum Gasteiger partial charge on any atom is -0.495 e.